The van der Waals surface area contributed by atoms with Crippen LogP contribution in [0.4, 0.5) is 5.69 Å². The summed E-state index contributed by atoms with van der Waals surface area (Å²) in [7, 11) is 0. The summed E-state index contributed by atoms with van der Waals surface area (Å²) in [5.41, 5.74) is 4.66. The van der Waals surface area contributed by atoms with Crippen LogP contribution in [0, 0.1) is 13.8 Å². The molecule has 0 atom stereocenters. The lowest BCUT2D eigenvalue weighted by molar-refractivity contribution is -0.113. The number of rotatable bonds is 7. The highest BCUT2D eigenvalue weighted by Gasteiger charge is 2.12. The fourth-order valence-electron chi connectivity index (χ4n) is 2.75. The molecule has 0 radical (unpaired) electrons. The summed E-state index contributed by atoms with van der Waals surface area (Å²) in [5, 5.41) is 13.8. The van der Waals surface area contributed by atoms with Crippen molar-refractivity contribution in [2.75, 3.05) is 11.1 Å². The third-order valence-corrected chi connectivity index (χ3v) is 5.67. The monoisotopic (exact) mass is 415 g/mol. The van der Waals surface area contributed by atoms with Crippen molar-refractivity contribution in [3.05, 3.63) is 76.1 Å². The van der Waals surface area contributed by atoms with Gasteiger partial charge in [0.05, 0.1) is 18.1 Å². The van der Waals surface area contributed by atoms with Gasteiger partial charge in [-0.2, -0.15) is 0 Å². The summed E-state index contributed by atoms with van der Waals surface area (Å²) in [5.74, 6) is 0.140. The molecule has 0 spiro atoms. The molecular weight excluding hydrogens is 394 g/mol. The second kappa shape index (κ2) is 9.28. The van der Waals surface area contributed by atoms with Crippen molar-refractivity contribution in [1.29, 1.82) is 0 Å². The first-order valence-corrected chi connectivity index (χ1v) is 10.2. The van der Waals surface area contributed by atoms with E-state index in [0.717, 1.165) is 22.4 Å². The number of aryl methyl sites for hydroxylation is 1. The largest absolute Gasteiger partial charge is 0.390 e. The van der Waals surface area contributed by atoms with Crippen LogP contribution in [0.3, 0.4) is 0 Å². The number of halogens is 1. The maximum absolute atomic E-state index is 12.4. The molecule has 2 aromatic carbocycles. The highest BCUT2D eigenvalue weighted by molar-refractivity contribution is 7.99. The van der Waals surface area contributed by atoms with Crippen molar-refractivity contribution < 1.29 is 9.90 Å². The Morgan fingerprint density at radius 3 is 2.68 bits per heavy atom. The lowest BCUT2D eigenvalue weighted by Gasteiger charge is -2.11. The molecule has 2 N–H and O–H groups in total. The van der Waals surface area contributed by atoms with E-state index in [1.54, 1.807) is 6.20 Å². The Morgan fingerprint density at radius 1 is 1.21 bits per heavy atom. The van der Waals surface area contributed by atoms with Crippen LogP contribution in [0.1, 0.15) is 22.4 Å². The SMILES string of the molecule is Cc1cccc(NC(=O)CSc2nc(CO)cn2Cc2ccc(Cl)cc2)c1C. The number of carbonyl (C=O) groups is 1. The van der Waals surface area contributed by atoms with Crippen molar-refractivity contribution in [2.45, 2.75) is 32.2 Å². The number of anilines is 1. The number of aliphatic hydroxyl groups excluding tert-OH is 1. The summed E-state index contributed by atoms with van der Waals surface area (Å²) in [6.45, 7) is 4.45. The third-order valence-electron chi connectivity index (χ3n) is 4.43. The van der Waals surface area contributed by atoms with Crippen LogP contribution in [0.5, 0.6) is 0 Å². The molecule has 28 heavy (non-hydrogen) atoms. The number of benzene rings is 2. The number of thioether (sulfide) groups is 1. The van der Waals surface area contributed by atoms with Crippen molar-refractivity contribution in [3.8, 4) is 0 Å². The molecule has 0 aliphatic heterocycles. The van der Waals surface area contributed by atoms with Gasteiger partial charge in [-0.1, -0.05) is 47.6 Å². The molecule has 0 unspecified atom stereocenters. The van der Waals surface area contributed by atoms with E-state index in [2.05, 4.69) is 10.3 Å². The summed E-state index contributed by atoms with van der Waals surface area (Å²) < 4.78 is 1.94. The first-order valence-electron chi connectivity index (χ1n) is 8.86. The predicted octanol–water partition coefficient (Wildman–Crippen LogP) is 4.42. The van der Waals surface area contributed by atoms with Crippen LogP contribution >= 0.6 is 23.4 Å². The summed E-state index contributed by atoms with van der Waals surface area (Å²) in [6, 6.07) is 13.4. The van der Waals surface area contributed by atoms with Crippen LogP contribution in [0.2, 0.25) is 5.02 Å². The molecule has 0 fully saturated rings. The normalized spacial score (nSPS) is 10.9. The molecule has 1 heterocycles. The van der Waals surface area contributed by atoms with Gasteiger partial charge in [-0.15, -0.1) is 0 Å². The van der Waals surface area contributed by atoms with E-state index in [9.17, 15) is 9.90 Å². The van der Waals surface area contributed by atoms with E-state index in [1.165, 1.54) is 11.8 Å². The number of imidazole rings is 1. The molecule has 3 rings (SSSR count). The molecule has 0 aliphatic rings. The minimum atomic E-state index is -0.143. The fourth-order valence-corrected chi connectivity index (χ4v) is 3.67. The van der Waals surface area contributed by atoms with E-state index in [-0.39, 0.29) is 18.3 Å². The second-order valence-corrected chi connectivity index (χ2v) is 7.89. The molecule has 1 amide bonds. The summed E-state index contributed by atoms with van der Waals surface area (Å²) in [4.78, 5) is 16.8. The van der Waals surface area contributed by atoms with Gasteiger partial charge < -0.3 is 15.0 Å². The van der Waals surface area contributed by atoms with Gasteiger partial charge in [0.1, 0.15) is 0 Å². The quantitative estimate of drug-likeness (QED) is 0.560. The second-order valence-electron chi connectivity index (χ2n) is 6.51. The van der Waals surface area contributed by atoms with Gasteiger partial charge in [0.25, 0.3) is 0 Å². The Balaban J connectivity index is 1.67. The van der Waals surface area contributed by atoms with Crippen molar-refractivity contribution in [3.63, 3.8) is 0 Å². The lowest BCUT2D eigenvalue weighted by Crippen LogP contribution is -2.15. The first kappa shape index (κ1) is 20.5. The van der Waals surface area contributed by atoms with E-state index in [4.69, 9.17) is 11.6 Å². The first-order chi connectivity index (χ1) is 13.5. The average Bonchev–Trinajstić information content (AvgIpc) is 3.07. The van der Waals surface area contributed by atoms with Gasteiger partial charge in [-0.25, -0.2) is 4.98 Å². The van der Waals surface area contributed by atoms with E-state index < -0.39 is 0 Å². The number of hydrogen-bond donors (Lipinski definition) is 2. The Morgan fingerprint density at radius 2 is 1.96 bits per heavy atom. The number of nitrogens with one attached hydrogen (secondary N) is 1. The Labute approximate surface area is 173 Å². The Bertz CT molecular complexity index is 970. The van der Waals surface area contributed by atoms with Gasteiger partial charge in [0, 0.05) is 23.5 Å². The van der Waals surface area contributed by atoms with Gasteiger partial charge in [0.2, 0.25) is 5.91 Å². The number of carbonyl (C=O) groups excluding carboxylic acids is 1. The van der Waals surface area contributed by atoms with Gasteiger partial charge in [0.15, 0.2) is 5.16 Å². The Kier molecular flexibility index (Phi) is 6.78. The van der Waals surface area contributed by atoms with Crippen molar-refractivity contribution >= 4 is 35.0 Å². The Hall–Kier alpha value is -2.28. The molecule has 0 bridgehead atoms. The van der Waals surface area contributed by atoms with Crippen molar-refractivity contribution in [1.82, 2.24) is 9.55 Å². The van der Waals surface area contributed by atoms with Crippen LogP contribution in [-0.4, -0.2) is 26.3 Å². The van der Waals surface area contributed by atoms with E-state index >= 15 is 0 Å². The van der Waals surface area contributed by atoms with E-state index in [1.807, 2.05) is 60.9 Å². The predicted molar refractivity (Wildman–Crippen MR) is 114 cm³/mol. The smallest absolute Gasteiger partial charge is 0.234 e. The molecule has 0 saturated heterocycles. The van der Waals surface area contributed by atoms with Gasteiger partial charge in [-0.3, -0.25) is 4.79 Å². The van der Waals surface area contributed by atoms with Crippen LogP contribution < -0.4 is 5.32 Å². The van der Waals surface area contributed by atoms with E-state index in [0.29, 0.717) is 22.4 Å². The molecule has 7 heteroatoms. The maximum Gasteiger partial charge on any atom is 0.234 e. The minimum Gasteiger partial charge on any atom is -0.390 e. The molecule has 5 nitrogen and oxygen atoms in total. The molecule has 0 saturated carbocycles. The van der Waals surface area contributed by atoms with Crippen LogP contribution in [0.15, 0.2) is 53.8 Å². The number of nitrogens with zero attached hydrogens (tertiary/aromatic N) is 2. The minimum absolute atomic E-state index is 0.0923. The zero-order valence-corrected chi connectivity index (χ0v) is 17.3. The highest BCUT2D eigenvalue weighted by atomic mass is 35.5. The van der Waals surface area contributed by atoms with Crippen LogP contribution in [0.25, 0.3) is 0 Å². The zero-order valence-electron chi connectivity index (χ0n) is 15.8. The number of aliphatic hydroxyl groups is 1. The maximum atomic E-state index is 12.4. The zero-order chi connectivity index (χ0) is 20.1. The topological polar surface area (TPSA) is 67.2 Å². The molecule has 1 aromatic heterocycles. The molecule has 0 aliphatic carbocycles. The number of aromatic nitrogens is 2. The van der Waals surface area contributed by atoms with Crippen LogP contribution in [-0.2, 0) is 17.9 Å². The summed E-state index contributed by atoms with van der Waals surface area (Å²) in [6.07, 6.45) is 1.81. The number of hydrogen-bond acceptors (Lipinski definition) is 4. The lowest BCUT2D eigenvalue weighted by atomic mass is 10.1. The van der Waals surface area contributed by atoms with Gasteiger partial charge in [-0.05, 0) is 48.7 Å². The standard InChI is InChI=1S/C21H22ClN3O2S/c1-14-4-3-5-19(15(14)2)24-20(27)13-28-21-23-18(12-26)11-25(21)10-16-6-8-17(22)9-7-16/h3-9,11,26H,10,12-13H2,1-2H3,(H,24,27). The van der Waals surface area contributed by atoms with Gasteiger partial charge >= 0.3 is 0 Å². The fraction of sp³-hybridized carbons (Fsp3) is 0.238. The molecule has 3 aromatic rings. The third kappa shape index (κ3) is 5.16. The summed E-state index contributed by atoms with van der Waals surface area (Å²) >= 11 is 7.29. The molecular formula is C21H22ClN3O2S. The average molecular weight is 416 g/mol. The highest BCUT2D eigenvalue weighted by Crippen LogP contribution is 2.22. The molecule has 146 valence electrons. The van der Waals surface area contributed by atoms with Crippen molar-refractivity contribution in [2.24, 2.45) is 0 Å². The number of amides is 1.